The molecule has 0 radical (unpaired) electrons. The highest BCUT2D eigenvalue weighted by atomic mass is 32.1. The van der Waals surface area contributed by atoms with Crippen molar-refractivity contribution in [1.29, 1.82) is 0 Å². The number of hydrogen-bond donors (Lipinski definition) is 2. The predicted octanol–water partition coefficient (Wildman–Crippen LogP) is 1.66. The number of carbonyl (C=O) groups excluding carboxylic acids is 1. The van der Waals surface area contributed by atoms with Crippen molar-refractivity contribution < 1.29 is 4.79 Å². The maximum Gasteiger partial charge on any atom is 0.234 e. The smallest absolute Gasteiger partial charge is 0.234 e. The van der Waals surface area contributed by atoms with Crippen molar-refractivity contribution >= 4 is 17.2 Å². The number of rotatable bonds is 5. The first kappa shape index (κ1) is 10.6. The summed E-state index contributed by atoms with van der Waals surface area (Å²) >= 11 is 1.74. The van der Waals surface area contributed by atoms with Crippen molar-refractivity contribution in [1.82, 2.24) is 5.32 Å². The molecule has 3 nitrogen and oxygen atoms in total. The van der Waals surface area contributed by atoms with Crippen molar-refractivity contribution in [2.24, 2.45) is 11.7 Å². The molecule has 4 heteroatoms. The van der Waals surface area contributed by atoms with Crippen LogP contribution < -0.4 is 11.1 Å². The summed E-state index contributed by atoms with van der Waals surface area (Å²) < 4.78 is 0. The maximum absolute atomic E-state index is 11.0. The molecule has 1 fully saturated rings. The normalized spacial score (nSPS) is 19.8. The first-order chi connectivity index (χ1) is 7.18. The first-order valence-corrected chi connectivity index (χ1v) is 6.15. The zero-order valence-corrected chi connectivity index (χ0v) is 9.59. The van der Waals surface area contributed by atoms with Gasteiger partial charge in [-0.2, -0.15) is 0 Å². The Labute approximate surface area is 93.7 Å². The molecule has 0 aromatic carbocycles. The molecule has 1 aliphatic rings. The van der Waals surface area contributed by atoms with Crippen molar-refractivity contribution in [2.75, 3.05) is 0 Å². The van der Waals surface area contributed by atoms with Gasteiger partial charge in [0.25, 0.3) is 0 Å². The lowest BCUT2D eigenvalue weighted by Crippen LogP contribution is -2.41. The van der Waals surface area contributed by atoms with E-state index in [0.29, 0.717) is 12.0 Å². The van der Waals surface area contributed by atoms with Crippen LogP contribution >= 0.6 is 11.3 Å². The molecule has 0 aliphatic heterocycles. The summed E-state index contributed by atoms with van der Waals surface area (Å²) in [5, 5.41) is 5.39. The van der Waals surface area contributed by atoms with Crippen molar-refractivity contribution in [3.63, 3.8) is 0 Å². The molecule has 0 spiro atoms. The summed E-state index contributed by atoms with van der Waals surface area (Å²) in [6.07, 6.45) is 2.50. The molecular weight excluding hydrogens is 208 g/mol. The zero-order valence-electron chi connectivity index (χ0n) is 8.77. The van der Waals surface area contributed by atoms with Crippen LogP contribution in [0.15, 0.2) is 17.5 Å². The SMILES string of the molecule is CC(NC(c1cccs1)C1CC1)C(N)=O. The second-order valence-electron chi connectivity index (χ2n) is 4.12. The van der Waals surface area contributed by atoms with E-state index >= 15 is 0 Å². The Morgan fingerprint density at radius 3 is 2.87 bits per heavy atom. The minimum atomic E-state index is -0.280. The molecule has 0 saturated heterocycles. The average Bonchev–Trinajstić information content (AvgIpc) is 2.89. The van der Waals surface area contributed by atoms with Gasteiger partial charge in [-0.3, -0.25) is 10.1 Å². The number of nitrogens with one attached hydrogen (secondary N) is 1. The molecule has 1 aromatic rings. The van der Waals surface area contributed by atoms with Gasteiger partial charge in [-0.1, -0.05) is 6.07 Å². The monoisotopic (exact) mass is 224 g/mol. The van der Waals surface area contributed by atoms with Crippen molar-refractivity contribution in [2.45, 2.75) is 31.8 Å². The van der Waals surface area contributed by atoms with Gasteiger partial charge in [-0.05, 0) is 37.1 Å². The van der Waals surface area contributed by atoms with E-state index in [2.05, 4.69) is 16.8 Å². The van der Waals surface area contributed by atoms with Gasteiger partial charge in [0.15, 0.2) is 0 Å². The lowest BCUT2D eigenvalue weighted by atomic mass is 10.1. The van der Waals surface area contributed by atoms with Crippen LogP contribution in [0.25, 0.3) is 0 Å². The minimum absolute atomic E-state index is 0.252. The van der Waals surface area contributed by atoms with Crippen LogP contribution in [0, 0.1) is 5.92 Å². The molecule has 2 unspecified atom stereocenters. The second-order valence-corrected chi connectivity index (χ2v) is 5.10. The fourth-order valence-corrected chi connectivity index (χ4v) is 2.58. The Kier molecular flexibility index (Phi) is 3.07. The third kappa shape index (κ3) is 2.58. The van der Waals surface area contributed by atoms with Gasteiger partial charge >= 0.3 is 0 Å². The Morgan fingerprint density at radius 2 is 2.40 bits per heavy atom. The van der Waals surface area contributed by atoms with Crippen LogP contribution in [0.1, 0.15) is 30.7 Å². The van der Waals surface area contributed by atoms with E-state index in [1.807, 2.05) is 13.0 Å². The molecule has 1 aliphatic carbocycles. The first-order valence-electron chi connectivity index (χ1n) is 5.27. The van der Waals surface area contributed by atoms with E-state index in [1.54, 1.807) is 11.3 Å². The third-order valence-corrected chi connectivity index (χ3v) is 3.75. The highest BCUT2D eigenvalue weighted by molar-refractivity contribution is 7.10. The van der Waals surface area contributed by atoms with Gasteiger partial charge in [0.05, 0.1) is 6.04 Å². The lowest BCUT2D eigenvalue weighted by molar-refractivity contribution is -0.119. The van der Waals surface area contributed by atoms with Crippen molar-refractivity contribution in [3.05, 3.63) is 22.4 Å². The number of thiophene rings is 1. The number of carbonyl (C=O) groups is 1. The summed E-state index contributed by atoms with van der Waals surface area (Å²) in [6, 6.07) is 4.23. The Balaban J connectivity index is 2.04. The van der Waals surface area contributed by atoms with E-state index < -0.39 is 0 Å². The fraction of sp³-hybridized carbons (Fsp3) is 0.545. The van der Waals surface area contributed by atoms with E-state index in [1.165, 1.54) is 17.7 Å². The third-order valence-electron chi connectivity index (χ3n) is 2.80. The fourth-order valence-electron chi connectivity index (χ4n) is 1.70. The van der Waals surface area contributed by atoms with Gasteiger partial charge < -0.3 is 5.73 Å². The molecule has 3 N–H and O–H groups in total. The number of hydrogen-bond acceptors (Lipinski definition) is 3. The largest absolute Gasteiger partial charge is 0.368 e. The topological polar surface area (TPSA) is 55.1 Å². The van der Waals surface area contributed by atoms with Gasteiger partial charge in [0.2, 0.25) is 5.91 Å². The summed E-state index contributed by atoms with van der Waals surface area (Å²) in [7, 11) is 0. The second kappa shape index (κ2) is 4.33. The van der Waals surface area contributed by atoms with Crippen LogP contribution in [0.2, 0.25) is 0 Å². The van der Waals surface area contributed by atoms with Crippen molar-refractivity contribution in [3.8, 4) is 0 Å². The van der Waals surface area contributed by atoms with Crippen LogP contribution in [0.3, 0.4) is 0 Å². The molecule has 82 valence electrons. The number of nitrogens with two attached hydrogens (primary N) is 1. The van der Waals surface area contributed by atoms with E-state index in [0.717, 1.165) is 0 Å². The standard InChI is InChI=1S/C11H16N2OS/c1-7(11(12)14)13-10(8-4-5-8)9-3-2-6-15-9/h2-3,6-8,10,13H,4-5H2,1H3,(H2,12,14). The Hall–Kier alpha value is -0.870. The summed E-state index contributed by atoms with van der Waals surface area (Å²) in [5.41, 5.74) is 5.26. The van der Waals surface area contributed by atoms with E-state index in [-0.39, 0.29) is 11.9 Å². The Morgan fingerprint density at radius 1 is 1.67 bits per heavy atom. The molecule has 1 amide bonds. The lowest BCUT2D eigenvalue weighted by Gasteiger charge is -2.20. The highest BCUT2D eigenvalue weighted by Crippen LogP contribution is 2.42. The predicted molar refractivity (Wildman–Crippen MR) is 61.6 cm³/mol. The van der Waals surface area contributed by atoms with Gasteiger partial charge in [0, 0.05) is 10.9 Å². The van der Waals surface area contributed by atoms with Crippen LogP contribution in [0.4, 0.5) is 0 Å². The van der Waals surface area contributed by atoms with Crippen LogP contribution in [-0.2, 0) is 4.79 Å². The van der Waals surface area contributed by atoms with Gasteiger partial charge in [-0.25, -0.2) is 0 Å². The average molecular weight is 224 g/mol. The van der Waals surface area contributed by atoms with E-state index in [9.17, 15) is 4.79 Å². The van der Waals surface area contributed by atoms with Gasteiger partial charge in [-0.15, -0.1) is 11.3 Å². The molecular formula is C11H16N2OS. The number of primary amides is 1. The maximum atomic E-state index is 11.0. The summed E-state index contributed by atoms with van der Waals surface area (Å²) in [5.74, 6) is 0.405. The molecule has 0 bridgehead atoms. The quantitative estimate of drug-likeness (QED) is 0.799. The van der Waals surface area contributed by atoms with Gasteiger partial charge in [0.1, 0.15) is 0 Å². The zero-order chi connectivity index (χ0) is 10.8. The van der Waals surface area contributed by atoms with Crippen LogP contribution in [0.5, 0.6) is 0 Å². The molecule has 2 atom stereocenters. The molecule has 15 heavy (non-hydrogen) atoms. The molecule has 1 aromatic heterocycles. The van der Waals surface area contributed by atoms with Crippen LogP contribution in [-0.4, -0.2) is 11.9 Å². The Bertz CT molecular complexity index is 332. The summed E-state index contributed by atoms with van der Waals surface area (Å²) in [4.78, 5) is 12.3. The molecule has 1 heterocycles. The summed E-state index contributed by atoms with van der Waals surface area (Å²) in [6.45, 7) is 1.82. The molecule has 2 rings (SSSR count). The minimum Gasteiger partial charge on any atom is -0.368 e. The number of amides is 1. The highest BCUT2D eigenvalue weighted by Gasteiger charge is 2.34. The van der Waals surface area contributed by atoms with E-state index in [4.69, 9.17) is 5.73 Å². The molecule has 1 saturated carbocycles.